The third kappa shape index (κ3) is 1.99. The molecule has 1 aromatic heterocycles. The van der Waals surface area contributed by atoms with Gasteiger partial charge < -0.3 is 4.98 Å². The van der Waals surface area contributed by atoms with Crippen LogP contribution in [0.3, 0.4) is 0 Å². The summed E-state index contributed by atoms with van der Waals surface area (Å²) in [5.74, 6) is 0. The monoisotopic (exact) mass is 264 g/mol. The molecule has 0 aliphatic rings. The van der Waals surface area contributed by atoms with E-state index >= 15 is 0 Å². The lowest BCUT2D eigenvalue weighted by atomic mass is 10.1. The number of aromatic amines is 1. The van der Waals surface area contributed by atoms with Gasteiger partial charge in [-0.05, 0) is 19.1 Å². The van der Waals surface area contributed by atoms with Gasteiger partial charge in [0.25, 0.3) is 5.56 Å². The Kier molecular flexibility index (Phi) is 2.68. The molecule has 0 saturated carbocycles. The van der Waals surface area contributed by atoms with Crippen molar-refractivity contribution in [3.05, 3.63) is 51.0 Å². The van der Waals surface area contributed by atoms with Crippen molar-refractivity contribution in [1.82, 2.24) is 9.97 Å². The zero-order valence-corrected chi connectivity index (χ0v) is 9.71. The second-order valence-corrected chi connectivity index (χ2v) is 4.13. The Morgan fingerprint density at radius 2 is 1.93 bits per heavy atom. The summed E-state index contributed by atoms with van der Waals surface area (Å²) in [5, 5.41) is 0. The fraction of sp³-hybridized carbons (Fsp3) is 0.0909. The lowest BCUT2D eigenvalue weighted by molar-refractivity contribution is 1.08. The van der Waals surface area contributed by atoms with Crippen molar-refractivity contribution in [2.75, 3.05) is 0 Å². The number of hydrogen-bond donors (Lipinski definition) is 1. The first kappa shape index (κ1) is 10.1. The molecule has 4 heteroatoms. The summed E-state index contributed by atoms with van der Waals surface area (Å²) in [7, 11) is 0. The lowest BCUT2D eigenvalue weighted by Gasteiger charge is -2.03. The third-order valence-electron chi connectivity index (χ3n) is 2.20. The second kappa shape index (κ2) is 3.98. The fourth-order valence-corrected chi connectivity index (χ4v) is 1.63. The molecule has 1 N–H and O–H groups in total. The molecule has 0 atom stereocenters. The number of nitrogens with zero attached hydrogens (tertiary/aromatic N) is 1. The van der Waals surface area contributed by atoms with Gasteiger partial charge in [-0.3, -0.25) is 4.79 Å². The van der Waals surface area contributed by atoms with Crippen molar-refractivity contribution < 1.29 is 0 Å². The summed E-state index contributed by atoms with van der Waals surface area (Å²) in [6.07, 6.45) is 1.42. The van der Waals surface area contributed by atoms with Gasteiger partial charge in [0.1, 0.15) is 0 Å². The lowest BCUT2D eigenvalue weighted by Crippen LogP contribution is -2.11. The summed E-state index contributed by atoms with van der Waals surface area (Å²) in [4.78, 5) is 18.1. The molecule has 0 fully saturated rings. The topological polar surface area (TPSA) is 45.8 Å². The molecule has 0 radical (unpaired) electrons. The Labute approximate surface area is 95.3 Å². The van der Waals surface area contributed by atoms with Gasteiger partial charge in [0.2, 0.25) is 0 Å². The Bertz CT molecular complexity index is 531. The largest absolute Gasteiger partial charge is 0.313 e. The minimum absolute atomic E-state index is 0.0945. The molecule has 1 aromatic carbocycles. The van der Waals surface area contributed by atoms with Crippen LogP contribution >= 0.6 is 15.9 Å². The Hall–Kier alpha value is -1.42. The maximum absolute atomic E-state index is 11.4. The predicted molar refractivity (Wildman–Crippen MR) is 62.7 cm³/mol. The van der Waals surface area contributed by atoms with Crippen LogP contribution in [0.2, 0.25) is 0 Å². The molecule has 76 valence electrons. The molecule has 2 aromatic rings. The van der Waals surface area contributed by atoms with E-state index in [1.54, 1.807) is 6.92 Å². The third-order valence-corrected chi connectivity index (χ3v) is 2.73. The van der Waals surface area contributed by atoms with Crippen molar-refractivity contribution >= 4 is 15.9 Å². The highest BCUT2D eigenvalue weighted by Crippen LogP contribution is 2.20. The first-order valence-electron chi connectivity index (χ1n) is 4.48. The van der Waals surface area contributed by atoms with E-state index in [0.29, 0.717) is 5.56 Å². The number of aromatic nitrogens is 2. The number of rotatable bonds is 1. The van der Waals surface area contributed by atoms with Gasteiger partial charge in [-0.15, -0.1) is 0 Å². The van der Waals surface area contributed by atoms with Crippen LogP contribution in [0.25, 0.3) is 11.3 Å². The standard InChI is InChI=1S/C11H9BrN2O/c1-7-10(13-6-14-11(7)15)8-2-4-9(12)5-3-8/h2-6H,1H3,(H,13,14,15). The van der Waals surface area contributed by atoms with E-state index in [1.807, 2.05) is 24.3 Å². The average Bonchev–Trinajstić information content (AvgIpc) is 2.24. The minimum atomic E-state index is -0.0945. The van der Waals surface area contributed by atoms with Crippen molar-refractivity contribution in [2.24, 2.45) is 0 Å². The molecule has 0 aliphatic heterocycles. The van der Waals surface area contributed by atoms with Gasteiger partial charge in [0, 0.05) is 15.6 Å². The predicted octanol–water partition coefficient (Wildman–Crippen LogP) is 2.51. The van der Waals surface area contributed by atoms with E-state index in [-0.39, 0.29) is 5.56 Å². The average molecular weight is 265 g/mol. The molecular weight excluding hydrogens is 256 g/mol. The van der Waals surface area contributed by atoms with Gasteiger partial charge in [0.05, 0.1) is 12.0 Å². The zero-order chi connectivity index (χ0) is 10.8. The van der Waals surface area contributed by atoms with E-state index in [4.69, 9.17) is 0 Å². The fourth-order valence-electron chi connectivity index (χ4n) is 1.37. The molecule has 0 amide bonds. The molecular formula is C11H9BrN2O. The second-order valence-electron chi connectivity index (χ2n) is 3.21. The Morgan fingerprint density at radius 3 is 2.60 bits per heavy atom. The number of nitrogens with one attached hydrogen (secondary N) is 1. The van der Waals surface area contributed by atoms with Crippen molar-refractivity contribution in [2.45, 2.75) is 6.92 Å². The molecule has 0 bridgehead atoms. The highest BCUT2D eigenvalue weighted by atomic mass is 79.9. The van der Waals surface area contributed by atoms with Crippen LogP contribution in [0.1, 0.15) is 5.56 Å². The van der Waals surface area contributed by atoms with Crippen LogP contribution in [0.4, 0.5) is 0 Å². The highest BCUT2D eigenvalue weighted by molar-refractivity contribution is 9.10. The number of benzene rings is 1. The van der Waals surface area contributed by atoms with Gasteiger partial charge in [0.15, 0.2) is 0 Å². The van der Waals surface area contributed by atoms with Crippen molar-refractivity contribution in [3.8, 4) is 11.3 Å². The molecule has 0 saturated heterocycles. The van der Waals surface area contributed by atoms with Gasteiger partial charge in [-0.25, -0.2) is 4.98 Å². The first-order chi connectivity index (χ1) is 7.18. The number of hydrogen-bond acceptors (Lipinski definition) is 2. The molecule has 15 heavy (non-hydrogen) atoms. The summed E-state index contributed by atoms with van der Waals surface area (Å²) in [6, 6.07) is 7.72. The highest BCUT2D eigenvalue weighted by Gasteiger charge is 2.05. The zero-order valence-electron chi connectivity index (χ0n) is 8.12. The maximum atomic E-state index is 11.4. The molecule has 0 spiro atoms. The normalized spacial score (nSPS) is 10.3. The van der Waals surface area contributed by atoms with Crippen LogP contribution in [-0.2, 0) is 0 Å². The molecule has 0 aliphatic carbocycles. The molecule has 1 heterocycles. The maximum Gasteiger partial charge on any atom is 0.254 e. The Morgan fingerprint density at radius 1 is 1.27 bits per heavy atom. The molecule has 0 unspecified atom stereocenters. The summed E-state index contributed by atoms with van der Waals surface area (Å²) < 4.78 is 1.01. The van der Waals surface area contributed by atoms with E-state index in [2.05, 4.69) is 25.9 Å². The van der Waals surface area contributed by atoms with Crippen molar-refractivity contribution in [3.63, 3.8) is 0 Å². The number of halogens is 1. The van der Waals surface area contributed by atoms with E-state index in [9.17, 15) is 4.79 Å². The van der Waals surface area contributed by atoms with E-state index < -0.39 is 0 Å². The van der Waals surface area contributed by atoms with Gasteiger partial charge in [-0.1, -0.05) is 28.1 Å². The molecule has 3 nitrogen and oxygen atoms in total. The first-order valence-corrected chi connectivity index (χ1v) is 5.28. The Balaban J connectivity index is 2.59. The van der Waals surface area contributed by atoms with E-state index in [1.165, 1.54) is 6.33 Å². The summed E-state index contributed by atoms with van der Waals surface area (Å²) >= 11 is 3.36. The van der Waals surface area contributed by atoms with E-state index in [0.717, 1.165) is 15.7 Å². The SMILES string of the molecule is Cc1c(-c2ccc(Br)cc2)nc[nH]c1=O. The van der Waals surface area contributed by atoms with Gasteiger partial charge in [-0.2, -0.15) is 0 Å². The van der Waals surface area contributed by atoms with Crippen LogP contribution in [-0.4, -0.2) is 9.97 Å². The van der Waals surface area contributed by atoms with Crippen LogP contribution in [0.5, 0.6) is 0 Å². The minimum Gasteiger partial charge on any atom is -0.313 e. The quantitative estimate of drug-likeness (QED) is 0.861. The number of H-pyrrole nitrogens is 1. The molecule has 2 rings (SSSR count). The van der Waals surface area contributed by atoms with Crippen molar-refractivity contribution in [1.29, 1.82) is 0 Å². The summed E-state index contributed by atoms with van der Waals surface area (Å²) in [6.45, 7) is 1.77. The van der Waals surface area contributed by atoms with Crippen LogP contribution < -0.4 is 5.56 Å². The summed E-state index contributed by atoms with van der Waals surface area (Å²) in [5.41, 5.74) is 2.22. The van der Waals surface area contributed by atoms with Gasteiger partial charge >= 0.3 is 0 Å². The smallest absolute Gasteiger partial charge is 0.254 e. The van der Waals surface area contributed by atoms with Crippen LogP contribution in [0.15, 0.2) is 39.9 Å². The van der Waals surface area contributed by atoms with Crippen LogP contribution in [0, 0.1) is 6.92 Å².